The molecule has 3 aromatic rings. The van der Waals surface area contributed by atoms with E-state index in [0.717, 1.165) is 6.07 Å². The molecule has 0 saturated carbocycles. The molecule has 0 aliphatic carbocycles. The van der Waals surface area contributed by atoms with E-state index >= 15 is 0 Å². The molecule has 2 aromatic heterocycles. The molecule has 10 heteroatoms. The molecule has 5 nitrogen and oxygen atoms in total. The molecule has 0 bridgehead atoms. The predicted molar refractivity (Wildman–Crippen MR) is 101 cm³/mol. The number of halogens is 5. The molecule has 0 aliphatic heterocycles. The first-order valence-electron chi connectivity index (χ1n) is 8.35. The van der Waals surface area contributed by atoms with Gasteiger partial charge in [0, 0.05) is 16.6 Å². The van der Waals surface area contributed by atoms with Crippen LogP contribution in [0, 0.1) is 0 Å². The fourth-order valence-corrected chi connectivity index (χ4v) is 2.87. The normalized spacial score (nSPS) is 13.0. The number of carbonyl (C=O) groups excluding carboxylic acids is 1. The lowest BCUT2D eigenvalue weighted by atomic mass is 10.1. The summed E-state index contributed by atoms with van der Waals surface area (Å²) in [5.74, 6) is -0.661. The van der Waals surface area contributed by atoms with Crippen molar-refractivity contribution in [1.29, 1.82) is 0 Å². The summed E-state index contributed by atoms with van der Waals surface area (Å²) in [6.07, 6.45) is -4.09. The Morgan fingerprint density at radius 3 is 2.46 bits per heavy atom. The fraction of sp³-hybridized carbons (Fsp3) is 0.278. The van der Waals surface area contributed by atoms with Gasteiger partial charge in [-0.15, -0.1) is 0 Å². The van der Waals surface area contributed by atoms with Crippen molar-refractivity contribution in [2.24, 2.45) is 0 Å². The summed E-state index contributed by atoms with van der Waals surface area (Å²) >= 11 is 12.0. The highest BCUT2D eigenvalue weighted by atomic mass is 35.5. The van der Waals surface area contributed by atoms with Crippen molar-refractivity contribution in [2.45, 2.75) is 32.5 Å². The number of benzene rings is 1. The maximum atomic E-state index is 13.6. The molecule has 0 unspecified atom stereocenters. The summed E-state index contributed by atoms with van der Waals surface area (Å²) in [5.41, 5.74) is -1.21. The Morgan fingerprint density at radius 1 is 1.25 bits per heavy atom. The lowest BCUT2D eigenvalue weighted by molar-refractivity contribution is -0.142. The van der Waals surface area contributed by atoms with Gasteiger partial charge in [0.05, 0.1) is 5.69 Å². The summed E-state index contributed by atoms with van der Waals surface area (Å²) in [4.78, 5) is 16.6. The number of aromatic nitrogens is 3. The van der Waals surface area contributed by atoms with Crippen molar-refractivity contribution in [1.82, 2.24) is 19.9 Å². The molecular weight excluding hydrogens is 416 g/mol. The van der Waals surface area contributed by atoms with Gasteiger partial charge in [-0.2, -0.15) is 18.3 Å². The molecular formula is C18H15Cl2F3N4O. The first kappa shape index (κ1) is 20.4. The zero-order chi connectivity index (χ0) is 20.6. The van der Waals surface area contributed by atoms with Crippen LogP contribution in [-0.4, -0.2) is 26.5 Å². The van der Waals surface area contributed by atoms with Crippen molar-refractivity contribution in [3.63, 3.8) is 0 Å². The number of rotatable bonds is 4. The monoisotopic (exact) mass is 430 g/mol. The van der Waals surface area contributed by atoms with Crippen molar-refractivity contribution < 1.29 is 18.0 Å². The SMILES string of the molecule is CC[C@@H](C)NC(=O)c1nn2c(C(F)(F)F)cc(-c3ccc(Cl)cc3)nc2c1Cl. The summed E-state index contributed by atoms with van der Waals surface area (Å²) in [5, 5.41) is 6.61. The van der Waals surface area contributed by atoms with Crippen LogP contribution >= 0.6 is 23.2 Å². The van der Waals surface area contributed by atoms with E-state index in [-0.39, 0.29) is 28.1 Å². The van der Waals surface area contributed by atoms with Crippen LogP contribution in [0.5, 0.6) is 0 Å². The van der Waals surface area contributed by atoms with Crippen LogP contribution in [0.25, 0.3) is 16.9 Å². The summed E-state index contributed by atoms with van der Waals surface area (Å²) < 4.78 is 41.4. The van der Waals surface area contributed by atoms with Gasteiger partial charge < -0.3 is 5.32 Å². The number of nitrogens with one attached hydrogen (secondary N) is 1. The maximum absolute atomic E-state index is 13.6. The van der Waals surface area contributed by atoms with Gasteiger partial charge in [-0.3, -0.25) is 4.79 Å². The number of carbonyl (C=O) groups is 1. The second kappa shape index (κ2) is 7.60. The standard InChI is InChI=1S/C18H15Cl2F3N4O/c1-3-9(2)24-17(28)15-14(20)16-25-12(10-4-6-11(19)7-5-10)8-13(18(21,22)23)27(16)26-15/h4-9H,3H2,1-2H3,(H,24,28)/t9-/m1/s1. The van der Waals surface area contributed by atoms with E-state index in [1.165, 1.54) is 0 Å². The molecule has 1 atom stereocenters. The molecule has 0 spiro atoms. The predicted octanol–water partition coefficient (Wildman–Crippen LogP) is 5.25. The first-order valence-corrected chi connectivity index (χ1v) is 9.10. The molecule has 0 aliphatic rings. The minimum atomic E-state index is -4.73. The number of hydrogen-bond donors (Lipinski definition) is 1. The van der Waals surface area contributed by atoms with Crippen LogP contribution in [0.2, 0.25) is 10.0 Å². The average molecular weight is 431 g/mol. The van der Waals surface area contributed by atoms with E-state index in [4.69, 9.17) is 23.2 Å². The Hall–Kier alpha value is -2.32. The summed E-state index contributed by atoms with van der Waals surface area (Å²) in [6.45, 7) is 3.62. The van der Waals surface area contributed by atoms with Crippen molar-refractivity contribution in [3.8, 4) is 11.3 Å². The highest BCUT2D eigenvalue weighted by Gasteiger charge is 2.36. The second-order valence-electron chi connectivity index (χ2n) is 6.21. The highest BCUT2D eigenvalue weighted by molar-refractivity contribution is 6.36. The van der Waals surface area contributed by atoms with Gasteiger partial charge in [-0.25, -0.2) is 9.50 Å². The van der Waals surface area contributed by atoms with Gasteiger partial charge in [-0.1, -0.05) is 42.3 Å². The van der Waals surface area contributed by atoms with Crippen molar-refractivity contribution in [3.05, 3.63) is 51.8 Å². The molecule has 1 amide bonds. The van der Waals surface area contributed by atoms with Crippen molar-refractivity contribution in [2.75, 3.05) is 0 Å². The minimum absolute atomic E-state index is 0.0344. The van der Waals surface area contributed by atoms with E-state index < -0.39 is 17.8 Å². The Labute approximate surface area is 168 Å². The summed E-state index contributed by atoms with van der Waals surface area (Å²) in [7, 11) is 0. The second-order valence-corrected chi connectivity index (χ2v) is 7.03. The van der Waals surface area contributed by atoms with Gasteiger partial charge in [-0.05, 0) is 31.5 Å². The van der Waals surface area contributed by atoms with E-state index in [2.05, 4.69) is 15.4 Å². The van der Waals surface area contributed by atoms with Crippen LogP contribution in [0.3, 0.4) is 0 Å². The molecule has 3 rings (SSSR count). The topological polar surface area (TPSA) is 59.3 Å². The molecule has 1 N–H and O–H groups in total. The van der Waals surface area contributed by atoms with Crippen molar-refractivity contribution >= 4 is 34.8 Å². The van der Waals surface area contributed by atoms with Gasteiger partial charge in [0.2, 0.25) is 0 Å². The van der Waals surface area contributed by atoms with E-state index in [1.807, 2.05) is 6.92 Å². The maximum Gasteiger partial charge on any atom is 0.433 e. The third-order valence-electron chi connectivity index (χ3n) is 4.17. The first-order chi connectivity index (χ1) is 13.1. The molecule has 1 aromatic carbocycles. The largest absolute Gasteiger partial charge is 0.433 e. The Balaban J connectivity index is 2.21. The van der Waals surface area contributed by atoms with Crippen LogP contribution in [0.15, 0.2) is 30.3 Å². The molecule has 0 radical (unpaired) electrons. The van der Waals surface area contributed by atoms with Crippen LogP contribution in [-0.2, 0) is 6.18 Å². The Morgan fingerprint density at radius 2 is 1.89 bits per heavy atom. The van der Waals surface area contributed by atoms with Crippen LogP contribution < -0.4 is 5.32 Å². The number of alkyl halides is 3. The molecule has 0 saturated heterocycles. The Bertz CT molecular complexity index is 1030. The van der Waals surface area contributed by atoms with Crippen LogP contribution in [0.1, 0.15) is 36.5 Å². The summed E-state index contributed by atoms with van der Waals surface area (Å²) in [6, 6.07) is 6.84. The van der Waals surface area contributed by atoms with E-state index in [1.54, 1.807) is 31.2 Å². The van der Waals surface area contributed by atoms with E-state index in [0.29, 0.717) is 21.5 Å². The average Bonchev–Trinajstić information content (AvgIpc) is 2.97. The van der Waals surface area contributed by atoms with E-state index in [9.17, 15) is 18.0 Å². The molecule has 0 fully saturated rings. The van der Waals surface area contributed by atoms with Gasteiger partial charge >= 0.3 is 6.18 Å². The van der Waals surface area contributed by atoms with Gasteiger partial charge in [0.1, 0.15) is 5.02 Å². The number of nitrogens with zero attached hydrogens (tertiary/aromatic N) is 3. The molecule has 28 heavy (non-hydrogen) atoms. The van der Waals surface area contributed by atoms with Gasteiger partial charge in [0.25, 0.3) is 5.91 Å². The zero-order valence-corrected chi connectivity index (χ0v) is 16.3. The lowest BCUT2D eigenvalue weighted by Gasteiger charge is -2.11. The smallest absolute Gasteiger partial charge is 0.348 e. The number of fused-ring (bicyclic) bond motifs is 1. The third-order valence-corrected chi connectivity index (χ3v) is 4.77. The lowest BCUT2D eigenvalue weighted by Crippen LogP contribution is -2.32. The third kappa shape index (κ3) is 3.93. The Kier molecular flexibility index (Phi) is 5.54. The fourth-order valence-electron chi connectivity index (χ4n) is 2.50. The number of hydrogen-bond acceptors (Lipinski definition) is 3. The van der Waals surface area contributed by atoms with Gasteiger partial charge in [0.15, 0.2) is 17.0 Å². The van der Waals surface area contributed by atoms with Crippen LogP contribution in [0.4, 0.5) is 13.2 Å². The highest BCUT2D eigenvalue weighted by Crippen LogP contribution is 2.34. The molecule has 2 heterocycles. The quantitative estimate of drug-likeness (QED) is 0.614. The minimum Gasteiger partial charge on any atom is -0.348 e. The zero-order valence-electron chi connectivity index (χ0n) is 14.8. The molecule has 148 valence electrons. The number of amides is 1.